The smallest absolute Gasteiger partial charge is 0.101 e. The zero-order valence-electron chi connectivity index (χ0n) is 37.3. The Labute approximate surface area is 338 Å². The first-order valence-corrected chi connectivity index (χ1v) is 21.9. The van der Waals surface area contributed by atoms with E-state index in [9.17, 15) is 0 Å². The van der Waals surface area contributed by atoms with E-state index in [1.807, 2.05) is 13.0 Å². The summed E-state index contributed by atoms with van der Waals surface area (Å²) >= 11 is 9.04. The van der Waals surface area contributed by atoms with Crippen LogP contribution in [0.3, 0.4) is 0 Å². The number of ether oxygens (including phenoxy) is 1. The lowest BCUT2D eigenvalue weighted by Gasteiger charge is -2.60. The predicted molar refractivity (Wildman–Crippen MR) is 244 cm³/mol. The first-order valence-electron chi connectivity index (χ1n) is 20.7. The van der Waals surface area contributed by atoms with Crippen molar-refractivity contribution in [3.63, 3.8) is 0 Å². The van der Waals surface area contributed by atoms with Crippen LogP contribution in [0.5, 0.6) is 0 Å². The third-order valence-corrected chi connectivity index (χ3v) is 14.7. The highest BCUT2D eigenvalue weighted by atomic mass is 32.1. The molecule has 0 aliphatic rings. The van der Waals surface area contributed by atoms with E-state index in [1.165, 1.54) is 36.1 Å². The van der Waals surface area contributed by atoms with Crippen LogP contribution in [0.2, 0.25) is 0 Å². The molecule has 0 saturated heterocycles. The van der Waals surface area contributed by atoms with Gasteiger partial charge in [0.05, 0.1) is 11.9 Å². The topological polar surface area (TPSA) is 12.5 Å². The third kappa shape index (κ3) is 14.3. The molecule has 304 valence electrons. The minimum atomic E-state index is -0.0983. The SMILES string of the molecule is C=CCCC(=C)N(CCS)CCCCC(=C)C(C)(CC(C)(C)C(C)(C)C(C)(CC(C)(C)C(C)CCCC)C(=C)CCCOC(=C)C(C)S)C(C)(C)C. The Hall–Kier alpha value is -1.00. The number of thiol groups is 2. The first-order chi connectivity index (χ1) is 23.7. The van der Waals surface area contributed by atoms with Crippen molar-refractivity contribution >= 4 is 25.3 Å². The number of hydrogen-bond donors (Lipinski definition) is 2. The van der Waals surface area contributed by atoms with E-state index in [-0.39, 0.29) is 37.7 Å². The van der Waals surface area contributed by atoms with Crippen LogP contribution in [-0.2, 0) is 4.74 Å². The van der Waals surface area contributed by atoms with Gasteiger partial charge in [0.15, 0.2) is 0 Å². The highest BCUT2D eigenvalue weighted by Gasteiger charge is 2.56. The van der Waals surface area contributed by atoms with Gasteiger partial charge in [-0.15, -0.1) is 6.58 Å². The van der Waals surface area contributed by atoms with Gasteiger partial charge in [-0.3, -0.25) is 0 Å². The van der Waals surface area contributed by atoms with Crippen molar-refractivity contribution in [1.82, 2.24) is 4.90 Å². The molecule has 0 radical (unpaired) electrons. The number of hydrogen-bond acceptors (Lipinski definition) is 4. The molecule has 0 rings (SSSR count). The zero-order chi connectivity index (χ0) is 40.8. The Kier molecular flexibility index (Phi) is 21.5. The molecule has 4 atom stereocenters. The maximum absolute atomic E-state index is 5.99. The summed E-state index contributed by atoms with van der Waals surface area (Å²) in [4.78, 5) is 2.43. The summed E-state index contributed by atoms with van der Waals surface area (Å²) < 4.78 is 5.99. The number of unbranched alkanes of at least 4 members (excludes halogenated alkanes) is 2. The second-order valence-corrected chi connectivity index (χ2v) is 20.9. The summed E-state index contributed by atoms with van der Waals surface area (Å²) in [5.74, 6) is 2.21. The summed E-state index contributed by atoms with van der Waals surface area (Å²) in [5.41, 5.74) is 3.95. The fraction of sp³-hybridized carbons (Fsp3) is 0.792. The van der Waals surface area contributed by atoms with Gasteiger partial charge in [-0.05, 0) is 103 Å². The molecular weight excluding hydrogens is 671 g/mol. The monoisotopic (exact) mass is 760 g/mol. The van der Waals surface area contributed by atoms with Gasteiger partial charge < -0.3 is 9.64 Å². The van der Waals surface area contributed by atoms with Crippen molar-refractivity contribution < 1.29 is 4.74 Å². The largest absolute Gasteiger partial charge is 0.497 e. The van der Waals surface area contributed by atoms with E-state index in [1.54, 1.807) is 0 Å². The molecule has 0 bridgehead atoms. The van der Waals surface area contributed by atoms with Gasteiger partial charge in [0.25, 0.3) is 0 Å². The van der Waals surface area contributed by atoms with Gasteiger partial charge >= 0.3 is 0 Å². The predicted octanol–water partition coefficient (Wildman–Crippen LogP) is 15.4. The van der Waals surface area contributed by atoms with Crippen molar-refractivity contribution in [3.8, 4) is 0 Å². The molecule has 2 nitrogen and oxygen atoms in total. The molecule has 0 spiro atoms. The maximum Gasteiger partial charge on any atom is 0.101 e. The molecular formula is C48H89NOS2. The van der Waals surface area contributed by atoms with Gasteiger partial charge in [0.2, 0.25) is 0 Å². The molecule has 0 N–H and O–H groups in total. The standard InChI is InChI=1S/C48H89NOS2/c1-20-22-27-37(3)44(12,13)35-48(19,39(5)29-26-33-50-41(7)42(8)52)46(16,17)45(14,15)36-47(18,43(9,10)11)38(4)28-24-25-31-49(32-34-51)40(6)30-23-21-2/h21,37,42,51-52H,2,4-7,20,22-36H2,1,3,8-19H3. The highest BCUT2D eigenvalue weighted by Crippen LogP contribution is 2.65. The van der Waals surface area contributed by atoms with E-state index in [0.29, 0.717) is 12.5 Å². The van der Waals surface area contributed by atoms with Gasteiger partial charge in [-0.2, -0.15) is 25.3 Å². The van der Waals surface area contributed by atoms with Crippen molar-refractivity contribution in [2.75, 3.05) is 25.4 Å². The molecule has 4 heteroatoms. The highest BCUT2D eigenvalue weighted by molar-refractivity contribution is 7.81. The van der Waals surface area contributed by atoms with E-state index in [2.05, 4.69) is 140 Å². The molecule has 0 fully saturated rings. The van der Waals surface area contributed by atoms with Crippen molar-refractivity contribution in [2.45, 2.75) is 179 Å². The zero-order valence-corrected chi connectivity index (χ0v) is 39.1. The fourth-order valence-electron chi connectivity index (χ4n) is 8.32. The number of nitrogens with zero attached hydrogens (tertiary/aromatic N) is 1. The fourth-order valence-corrected chi connectivity index (χ4v) is 8.64. The summed E-state index contributed by atoms with van der Waals surface area (Å²) in [7, 11) is 0. The van der Waals surface area contributed by atoms with Crippen LogP contribution in [0.4, 0.5) is 0 Å². The molecule has 52 heavy (non-hydrogen) atoms. The second kappa shape index (κ2) is 21.9. The minimum absolute atomic E-state index is 0.0170. The quantitative estimate of drug-likeness (QED) is 0.0341. The summed E-state index contributed by atoms with van der Waals surface area (Å²) in [6, 6.07) is 0. The third-order valence-electron chi connectivity index (χ3n) is 14.2. The van der Waals surface area contributed by atoms with Crippen molar-refractivity contribution in [1.29, 1.82) is 0 Å². The maximum atomic E-state index is 5.99. The first kappa shape index (κ1) is 51.0. The molecule has 0 aliphatic heterocycles. The van der Waals surface area contributed by atoms with Crippen LogP contribution in [0.25, 0.3) is 0 Å². The minimum Gasteiger partial charge on any atom is -0.497 e. The van der Waals surface area contributed by atoms with Crippen LogP contribution >= 0.6 is 25.3 Å². The molecule has 0 amide bonds. The van der Waals surface area contributed by atoms with Crippen LogP contribution in [0.1, 0.15) is 174 Å². The molecule has 0 aromatic heterocycles. The molecule has 0 aliphatic carbocycles. The molecule has 0 heterocycles. The Morgan fingerprint density at radius 2 is 1.31 bits per heavy atom. The lowest BCUT2D eigenvalue weighted by Crippen LogP contribution is -2.52. The van der Waals surface area contributed by atoms with Gasteiger partial charge in [0, 0.05) is 24.5 Å². The summed E-state index contributed by atoms with van der Waals surface area (Å²) in [5, 5.41) is 0.0330. The van der Waals surface area contributed by atoms with Crippen LogP contribution in [0.15, 0.2) is 61.6 Å². The lowest BCUT2D eigenvalue weighted by molar-refractivity contribution is -0.0746. The summed E-state index contributed by atoms with van der Waals surface area (Å²) in [6.45, 7) is 59.1. The van der Waals surface area contributed by atoms with Crippen molar-refractivity contribution in [2.24, 2.45) is 38.4 Å². The van der Waals surface area contributed by atoms with Crippen molar-refractivity contribution in [3.05, 3.63) is 61.6 Å². The van der Waals surface area contributed by atoms with E-state index in [4.69, 9.17) is 17.9 Å². The van der Waals surface area contributed by atoms with Gasteiger partial charge in [0.1, 0.15) is 5.76 Å². The molecule has 0 aromatic carbocycles. The summed E-state index contributed by atoms with van der Waals surface area (Å²) in [6.07, 6.45) is 15.1. The Morgan fingerprint density at radius 3 is 1.81 bits per heavy atom. The normalized spacial score (nSPS) is 16.3. The van der Waals surface area contributed by atoms with E-state index in [0.717, 1.165) is 82.4 Å². The molecule has 4 unspecified atom stereocenters. The van der Waals surface area contributed by atoms with E-state index >= 15 is 0 Å². The number of allylic oxidation sites excluding steroid dienone is 4. The van der Waals surface area contributed by atoms with Gasteiger partial charge in [-0.1, -0.05) is 153 Å². The van der Waals surface area contributed by atoms with E-state index < -0.39 is 0 Å². The Bertz CT molecular complexity index is 1140. The molecule has 0 aromatic rings. The van der Waals surface area contributed by atoms with Crippen LogP contribution < -0.4 is 0 Å². The van der Waals surface area contributed by atoms with Crippen LogP contribution in [0, 0.1) is 38.4 Å². The second-order valence-electron chi connectivity index (χ2n) is 19.7. The Balaban J connectivity index is 6.50. The Morgan fingerprint density at radius 1 is 0.750 bits per heavy atom. The van der Waals surface area contributed by atoms with Gasteiger partial charge in [-0.25, -0.2) is 0 Å². The average Bonchev–Trinajstić information content (AvgIpc) is 3.03. The molecule has 0 saturated carbocycles. The number of rotatable bonds is 29. The van der Waals surface area contributed by atoms with Crippen LogP contribution in [-0.4, -0.2) is 35.6 Å². The lowest BCUT2D eigenvalue weighted by atomic mass is 9.44. The average molecular weight is 760 g/mol.